The molecule has 3 aromatic rings. The number of fused-ring (bicyclic) bond motifs is 1. The second kappa shape index (κ2) is 8.19. The van der Waals surface area contributed by atoms with Crippen molar-refractivity contribution in [1.82, 2.24) is 9.55 Å². The minimum atomic E-state index is -1.08. The Balaban J connectivity index is 2.08. The molecular formula is C21H18N4O2S. The maximum absolute atomic E-state index is 13.1. The number of aryl methyl sites for hydroxylation is 1. The van der Waals surface area contributed by atoms with Gasteiger partial charge in [-0.15, -0.1) is 0 Å². The minimum absolute atomic E-state index is 0.00972. The molecular weight excluding hydrogens is 372 g/mol. The number of benzene rings is 2. The maximum Gasteiger partial charge on any atom is 0.266 e. The van der Waals surface area contributed by atoms with E-state index in [9.17, 15) is 9.59 Å². The van der Waals surface area contributed by atoms with Crippen molar-refractivity contribution in [2.75, 3.05) is 5.75 Å². The molecule has 1 heterocycles. The molecule has 1 atom stereocenters. The van der Waals surface area contributed by atoms with Crippen LogP contribution < -0.4 is 5.56 Å². The molecule has 7 heteroatoms. The summed E-state index contributed by atoms with van der Waals surface area (Å²) in [7, 11) is 0. The zero-order chi connectivity index (χ0) is 20.3. The molecule has 0 amide bonds. The van der Waals surface area contributed by atoms with Crippen molar-refractivity contribution < 1.29 is 4.79 Å². The van der Waals surface area contributed by atoms with Gasteiger partial charge in [0, 0.05) is 5.71 Å². The van der Waals surface area contributed by atoms with Crippen LogP contribution in [0.5, 0.6) is 0 Å². The largest absolute Gasteiger partial charge is 0.308 e. The summed E-state index contributed by atoms with van der Waals surface area (Å²) in [5.41, 5.74) is 2.06. The third-order valence-corrected chi connectivity index (χ3v) is 5.23. The highest BCUT2D eigenvalue weighted by atomic mass is 32.2. The highest BCUT2D eigenvalue weighted by Gasteiger charge is 2.22. The number of hydrogen-bond acceptors (Lipinski definition) is 6. The number of para-hydroxylation sites is 1. The lowest BCUT2D eigenvalue weighted by Crippen LogP contribution is -2.24. The molecule has 28 heavy (non-hydrogen) atoms. The van der Waals surface area contributed by atoms with Crippen LogP contribution in [0.15, 0.2) is 58.5 Å². The number of carbonyl (C=O) groups excluding carboxylic acids is 1. The van der Waals surface area contributed by atoms with Crippen LogP contribution in [0.25, 0.3) is 16.6 Å². The van der Waals surface area contributed by atoms with Gasteiger partial charge < -0.3 is 5.41 Å². The number of hydrogen-bond donors (Lipinski definition) is 1. The fraction of sp³-hybridized carbons (Fsp3) is 0.190. The Labute approximate surface area is 166 Å². The SMILES string of the molecule is CC(=N)[C@H](C#N)C(=O)CSc1nc2ccccc2c(=O)n1-c1ccc(C)cc1. The number of Topliss-reactive ketones (excluding diaryl/α,β-unsaturated/α-hetero) is 1. The Morgan fingerprint density at radius 1 is 1.25 bits per heavy atom. The van der Waals surface area contributed by atoms with E-state index >= 15 is 0 Å². The first kappa shape index (κ1) is 19.5. The normalized spacial score (nSPS) is 11.8. The fourth-order valence-corrected chi connectivity index (χ4v) is 3.68. The summed E-state index contributed by atoms with van der Waals surface area (Å²) in [5.74, 6) is -1.50. The Morgan fingerprint density at radius 2 is 1.93 bits per heavy atom. The lowest BCUT2D eigenvalue weighted by atomic mass is 10.0. The van der Waals surface area contributed by atoms with Gasteiger partial charge in [-0.25, -0.2) is 4.98 Å². The Morgan fingerprint density at radius 3 is 2.57 bits per heavy atom. The van der Waals surface area contributed by atoms with Gasteiger partial charge in [-0.2, -0.15) is 5.26 Å². The van der Waals surface area contributed by atoms with Crippen molar-refractivity contribution in [3.63, 3.8) is 0 Å². The molecule has 2 aromatic carbocycles. The molecule has 3 rings (SSSR count). The zero-order valence-corrected chi connectivity index (χ0v) is 16.3. The summed E-state index contributed by atoms with van der Waals surface area (Å²) in [5, 5.41) is 17.6. The molecule has 0 aliphatic rings. The summed E-state index contributed by atoms with van der Waals surface area (Å²) < 4.78 is 1.48. The van der Waals surface area contributed by atoms with Gasteiger partial charge in [0.1, 0.15) is 5.92 Å². The molecule has 0 saturated heterocycles. The summed E-state index contributed by atoms with van der Waals surface area (Å²) >= 11 is 1.10. The van der Waals surface area contributed by atoms with Crippen molar-refractivity contribution in [3.8, 4) is 11.8 Å². The number of carbonyl (C=O) groups is 1. The monoisotopic (exact) mass is 390 g/mol. The van der Waals surface area contributed by atoms with E-state index in [0.717, 1.165) is 17.3 Å². The van der Waals surface area contributed by atoms with E-state index in [-0.39, 0.29) is 22.8 Å². The smallest absolute Gasteiger partial charge is 0.266 e. The molecule has 0 saturated carbocycles. The van der Waals surface area contributed by atoms with Crippen LogP contribution in [-0.4, -0.2) is 26.8 Å². The van der Waals surface area contributed by atoms with Gasteiger partial charge in [-0.3, -0.25) is 14.2 Å². The van der Waals surface area contributed by atoms with Crippen LogP contribution in [0.4, 0.5) is 0 Å². The molecule has 0 spiro atoms. The summed E-state index contributed by atoms with van der Waals surface area (Å²) in [6.45, 7) is 3.40. The molecule has 0 unspecified atom stereocenters. The van der Waals surface area contributed by atoms with Crippen LogP contribution in [0.1, 0.15) is 12.5 Å². The average molecular weight is 390 g/mol. The standard InChI is InChI=1S/C21H18N4O2S/c1-13-7-9-15(10-8-13)25-20(27)16-5-3-4-6-18(16)24-21(25)28-12-19(26)17(11-22)14(2)23/h3-10,17,23H,12H2,1-2H3/t17-/m0/s1. The second-order valence-electron chi connectivity index (χ2n) is 6.39. The number of ketones is 1. The predicted octanol–water partition coefficient (Wildman–Crippen LogP) is 3.53. The molecule has 0 radical (unpaired) electrons. The summed E-state index contributed by atoms with van der Waals surface area (Å²) in [6.07, 6.45) is 0. The van der Waals surface area contributed by atoms with E-state index in [0.29, 0.717) is 21.7 Å². The summed E-state index contributed by atoms with van der Waals surface area (Å²) in [6, 6.07) is 16.4. The van der Waals surface area contributed by atoms with Crippen LogP contribution in [0.2, 0.25) is 0 Å². The van der Waals surface area contributed by atoms with Crippen molar-refractivity contribution in [3.05, 3.63) is 64.4 Å². The average Bonchev–Trinajstić information content (AvgIpc) is 2.68. The first-order chi connectivity index (χ1) is 13.4. The molecule has 0 aliphatic heterocycles. The Bertz CT molecular complexity index is 1160. The van der Waals surface area contributed by atoms with Crippen LogP contribution in [0.3, 0.4) is 0 Å². The van der Waals surface area contributed by atoms with Crippen LogP contribution in [0, 0.1) is 29.6 Å². The predicted molar refractivity (Wildman–Crippen MR) is 110 cm³/mol. The molecule has 0 fully saturated rings. The first-order valence-electron chi connectivity index (χ1n) is 8.61. The number of nitrogens with one attached hydrogen (secondary N) is 1. The van der Waals surface area contributed by atoms with Gasteiger partial charge in [0.15, 0.2) is 10.9 Å². The molecule has 1 aromatic heterocycles. The number of rotatable bonds is 6. The number of nitriles is 1. The maximum atomic E-state index is 13.1. The number of aromatic nitrogens is 2. The second-order valence-corrected chi connectivity index (χ2v) is 7.33. The molecule has 140 valence electrons. The van der Waals surface area contributed by atoms with Gasteiger partial charge >= 0.3 is 0 Å². The van der Waals surface area contributed by atoms with E-state index in [1.54, 1.807) is 24.3 Å². The third kappa shape index (κ3) is 3.87. The lowest BCUT2D eigenvalue weighted by molar-refractivity contribution is -0.117. The van der Waals surface area contributed by atoms with Gasteiger partial charge in [0.25, 0.3) is 5.56 Å². The molecule has 6 nitrogen and oxygen atoms in total. The van der Waals surface area contributed by atoms with Gasteiger partial charge in [-0.1, -0.05) is 41.6 Å². The van der Waals surface area contributed by atoms with Crippen molar-refractivity contribution >= 4 is 34.2 Å². The van der Waals surface area contributed by atoms with Crippen LogP contribution >= 0.6 is 11.8 Å². The first-order valence-corrected chi connectivity index (χ1v) is 9.60. The van der Waals surface area contributed by atoms with Crippen LogP contribution in [-0.2, 0) is 4.79 Å². The zero-order valence-electron chi connectivity index (χ0n) is 15.5. The van der Waals surface area contributed by atoms with Gasteiger partial charge in [-0.05, 0) is 38.1 Å². The van der Waals surface area contributed by atoms with E-state index in [2.05, 4.69) is 4.98 Å². The molecule has 0 aliphatic carbocycles. The minimum Gasteiger partial charge on any atom is -0.308 e. The quantitative estimate of drug-likeness (QED) is 0.394. The number of nitrogens with zero attached hydrogens (tertiary/aromatic N) is 3. The highest BCUT2D eigenvalue weighted by molar-refractivity contribution is 7.99. The summed E-state index contributed by atoms with van der Waals surface area (Å²) in [4.78, 5) is 30.0. The number of thioether (sulfide) groups is 1. The fourth-order valence-electron chi connectivity index (χ4n) is 2.76. The van der Waals surface area contributed by atoms with Crippen molar-refractivity contribution in [2.24, 2.45) is 5.92 Å². The van der Waals surface area contributed by atoms with E-state index in [1.807, 2.05) is 37.3 Å². The van der Waals surface area contributed by atoms with E-state index < -0.39 is 5.92 Å². The Kier molecular flexibility index (Phi) is 5.71. The van der Waals surface area contributed by atoms with Crippen molar-refractivity contribution in [2.45, 2.75) is 19.0 Å². The van der Waals surface area contributed by atoms with Crippen molar-refractivity contribution in [1.29, 1.82) is 10.7 Å². The van der Waals surface area contributed by atoms with E-state index in [4.69, 9.17) is 10.7 Å². The lowest BCUT2D eigenvalue weighted by Gasteiger charge is -2.14. The van der Waals surface area contributed by atoms with E-state index in [1.165, 1.54) is 11.5 Å². The molecule has 0 bridgehead atoms. The van der Waals surface area contributed by atoms with Gasteiger partial charge in [0.05, 0.1) is 28.4 Å². The Hall–Kier alpha value is -3.24. The topological polar surface area (TPSA) is 99.6 Å². The third-order valence-electron chi connectivity index (χ3n) is 4.26. The molecule has 1 N–H and O–H groups in total. The highest BCUT2D eigenvalue weighted by Crippen LogP contribution is 2.22. The van der Waals surface area contributed by atoms with Gasteiger partial charge in [0.2, 0.25) is 0 Å².